The molecular formula is C59H82N10O8. The van der Waals surface area contributed by atoms with Crippen molar-refractivity contribution in [3.8, 4) is 0 Å². The van der Waals surface area contributed by atoms with E-state index in [1.54, 1.807) is 62.0 Å². The number of likely N-dealkylation sites (N-methyl/N-ethyl adjacent to an activating group) is 2. The molecule has 0 bridgehead atoms. The van der Waals surface area contributed by atoms with Crippen molar-refractivity contribution in [1.82, 2.24) is 52.3 Å². The predicted molar refractivity (Wildman–Crippen MR) is 294 cm³/mol. The molecule has 7 rings (SSSR count). The number of rotatable bonds is 24. The summed E-state index contributed by atoms with van der Waals surface area (Å²) in [5.41, 5.74) is 4.37. The van der Waals surface area contributed by atoms with Crippen molar-refractivity contribution in [2.24, 2.45) is 0 Å². The van der Waals surface area contributed by atoms with Crippen LogP contribution >= 0.6 is 0 Å². The maximum Gasteiger partial charge on any atom is 0.251 e. The molecule has 2 aliphatic heterocycles. The number of carbonyl (C=O) groups excluding carboxylic acids is 8. The number of aryl methyl sites for hydroxylation is 2. The van der Waals surface area contributed by atoms with Crippen LogP contribution in [-0.4, -0.2) is 133 Å². The molecule has 18 heteroatoms. The molecule has 0 radical (unpaired) electrons. The highest BCUT2D eigenvalue weighted by Gasteiger charge is 2.48. The van der Waals surface area contributed by atoms with E-state index in [0.29, 0.717) is 102 Å². The Labute approximate surface area is 454 Å². The predicted octanol–water partition coefficient (Wildman–Crippen LogP) is 4.43. The minimum atomic E-state index is -1.07. The topological polar surface area (TPSA) is 239 Å². The molecule has 2 heterocycles. The Hall–Kier alpha value is -6.66. The van der Waals surface area contributed by atoms with E-state index in [0.717, 1.165) is 49.7 Å². The van der Waals surface area contributed by atoms with E-state index in [4.69, 9.17) is 0 Å². The lowest BCUT2D eigenvalue weighted by Gasteiger charge is -2.38. The van der Waals surface area contributed by atoms with Gasteiger partial charge in [0.15, 0.2) is 0 Å². The molecule has 8 N–H and O–H groups in total. The lowest BCUT2D eigenvalue weighted by molar-refractivity contribution is -0.147. The quantitative estimate of drug-likeness (QED) is 0.0588. The number of unbranched alkanes of at least 4 members (excludes halogenated alkanes) is 2. The fraction of sp³-hybridized carbons (Fsp3) is 0.559. The SMILES string of the molecule is CN[C@@H](C)C(=O)N[C@@H](CCCCNC(=O)c1ccc(C(=O)NCCCC[C@H](NC(=O)[C@H](C)NC)C(=O)N2CCCC2(C)C(=O)N[C@@H]2CCCc3ccccc32)cc1)C(=O)N1CCCC1C(=O)N[C@@H]1CCCc2ccccc21. The average molecular weight is 1060 g/mol. The second kappa shape index (κ2) is 27.6. The van der Waals surface area contributed by atoms with E-state index in [1.807, 2.05) is 31.2 Å². The van der Waals surface area contributed by atoms with E-state index in [1.165, 1.54) is 11.1 Å². The number of benzene rings is 3. The molecule has 416 valence electrons. The maximum absolute atomic E-state index is 14.3. The third-order valence-corrected chi connectivity index (χ3v) is 16.3. The van der Waals surface area contributed by atoms with Gasteiger partial charge in [-0.1, -0.05) is 48.5 Å². The van der Waals surface area contributed by atoms with E-state index in [2.05, 4.69) is 66.8 Å². The van der Waals surface area contributed by atoms with Gasteiger partial charge in [0, 0.05) is 37.3 Å². The van der Waals surface area contributed by atoms with E-state index in [-0.39, 0.29) is 59.3 Å². The summed E-state index contributed by atoms with van der Waals surface area (Å²) in [4.78, 5) is 112. The summed E-state index contributed by atoms with van der Waals surface area (Å²) < 4.78 is 0. The zero-order valence-corrected chi connectivity index (χ0v) is 45.8. The van der Waals surface area contributed by atoms with Crippen LogP contribution in [0.1, 0.15) is 166 Å². The van der Waals surface area contributed by atoms with Crippen LogP contribution in [0.3, 0.4) is 0 Å². The number of carbonyl (C=O) groups is 8. The van der Waals surface area contributed by atoms with E-state index < -0.39 is 35.7 Å². The average Bonchev–Trinajstić information content (AvgIpc) is 4.12. The molecule has 2 aliphatic carbocycles. The van der Waals surface area contributed by atoms with Crippen molar-refractivity contribution in [1.29, 1.82) is 0 Å². The molecule has 77 heavy (non-hydrogen) atoms. The summed E-state index contributed by atoms with van der Waals surface area (Å²) in [7, 11) is 3.34. The van der Waals surface area contributed by atoms with Gasteiger partial charge in [-0.05, 0) is 184 Å². The van der Waals surface area contributed by atoms with Gasteiger partial charge in [-0.25, -0.2) is 0 Å². The molecule has 0 spiro atoms. The molecule has 8 amide bonds. The van der Waals surface area contributed by atoms with Crippen molar-refractivity contribution < 1.29 is 38.4 Å². The molecule has 3 aromatic rings. The standard InChI is InChI=1S/C59H82N10O8/c1-38(60-4)51(70)65-48(56(75)68-36-16-28-50(68)55(74)64-46-26-14-20-40-18-6-8-22-44(40)46)24-10-12-34-62-53(72)42-29-31-43(32-30-42)54(73)63-35-13-11-25-49(66-52(71)39(2)61-5)57(76)69-37-17-33-59(69,3)58(77)67-47-27-15-21-41-19-7-9-23-45(41)47/h6-9,18-19,22-23,29-32,38-39,46-50,60-61H,10-17,20-21,24-28,33-37H2,1-5H3,(H,62,72)(H,63,73)(H,64,74)(H,65,70)(H,66,71)(H,67,77)/t38-,39-,46+,47+,48-,49-,50?,59?/m0/s1. The third-order valence-electron chi connectivity index (χ3n) is 16.3. The molecule has 4 aliphatic rings. The van der Waals surface area contributed by atoms with Crippen LogP contribution < -0.4 is 42.5 Å². The number of amides is 8. The van der Waals surface area contributed by atoms with Crippen molar-refractivity contribution >= 4 is 47.3 Å². The largest absolute Gasteiger partial charge is 0.352 e. The molecule has 2 saturated heterocycles. The van der Waals surface area contributed by atoms with Crippen molar-refractivity contribution in [2.45, 2.75) is 171 Å². The number of nitrogens with zero attached hydrogens (tertiary/aromatic N) is 2. The van der Waals surface area contributed by atoms with Gasteiger partial charge in [-0.15, -0.1) is 0 Å². The van der Waals surface area contributed by atoms with Crippen LogP contribution in [0, 0.1) is 0 Å². The van der Waals surface area contributed by atoms with Crippen LogP contribution in [0.5, 0.6) is 0 Å². The van der Waals surface area contributed by atoms with Crippen LogP contribution in [0.25, 0.3) is 0 Å². The summed E-state index contributed by atoms with van der Waals surface area (Å²) in [6.07, 6.45) is 10.6. The van der Waals surface area contributed by atoms with Gasteiger partial charge in [0.1, 0.15) is 23.7 Å². The van der Waals surface area contributed by atoms with Crippen LogP contribution in [0.15, 0.2) is 72.8 Å². The first-order valence-electron chi connectivity index (χ1n) is 28.1. The number of hydrogen-bond acceptors (Lipinski definition) is 10. The third kappa shape index (κ3) is 14.7. The van der Waals surface area contributed by atoms with Gasteiger partial charge >= 0.3 is 0 Å². The molecule has 18 nitrogen and oxygen atoms in total. The fourth-order valence-electron chi connectivity index (χ4n) is 11.3. The van der Waals surface area contributed by atoms with Crippen molar-refractivity contribution in [3.05, 3.63) is 106 Å². The first-order chi connectivity index (χ1) is 37.1. The minimum Gasteiger partial charge on any atom is -0.352 e. The second-order valence-corrected chi connectivity index (χ2v) is 21.6. The zero-order valence-electron chi connectivity index (χ0n) is 45.8. The van der Waals surface area contributed by atoms with E-state index in [9.17, 15) is 38.4 Å². The number of hydrogen-bond donors (Lipinski definition) is 8. The van der Waals surface area contributed by atoms with Gasteiger partial charge in [-0.2, -0.15) is 0 Å². The number of fused-ring (bicyclic) bond motifs is 2. The molecule has 2 unspecified atom stereocenters. The molecule has 8 atom stereocenters. The van der Waals surface area contributed by atoms with Crippen LogP contribution in [0.2, 0.25) is 0 Å². The summed E-state index contributed by atoms with van der Waals surface area (Å²) >= 11 is 0. The van der Waals surface area contributed by atoms with Gasteiger partial charge in [0.2, 0.25) is 35.4 Å². The molecule has 2 fully saturated rings. The maximum atomic E-state index is 14.3. The first-order valence-corrected chi connectivity index (χ1v) is 28.1. The van der Waals surface area contributed by atoms with Crippen LogP contribution in [0.4, 0.5) is 0 Å². The number of likely N-dealkylation sites (tertiary alicyclic amines) is 2. The highest BCUT2D eigenvalue weighted by atomic mass is 16.2. The summed E-state index contributed by atoms with van der Waals surface area (Å²) in [6.45, 7) is 6.69. The fourth-order valence-corrected chi connectivity index (χ4v) is 11.3. The normalized spacial score (nSPS) is 21.3. The van der Waals surface area contributed by atoms with Crippen molar-refractivity contribution in [2.75, 3.05) is 40.3 Å². The smallest absolute Gasteiger partial charge is 0.251 e. The van der Waals surface area contributed by atoms with Gasteiger partial charge in [-0.3, -0.25) is 38.4 Å². The molecule has 3 aromatic carbocycles. The first kappa shape index (κ1) is 58.0. The molecule has 0 aromatic heterocycles. The van der Waals surface area contributed by atoms with Gasteiger partial charge < -0.3 is 52.3 Å². The summed E-state index contributed by atoms with van der Waals surface area (Å²) in [5.74, 6) is -2.25. The van der Waals surface area contributed by atoms with E-state index >= 15 is 0 Å². The Morgan fingerprint density at radius 3 is 1.60 bits per heavy atom. The molecule has 0 saturated carbocycles. The lowest BCUT2D eigenvalue weighted by Crippen LogP contribution is -2.60. The second-order valence-electron chi connectivity index (χ2n) is 21.6. The Bertz CT molecular complexity index is 2580. The zero-order chi connectivity index (χ0) is 55.1. The van der Waals surface area contributed by atoms with Crippen molar-refractivity contribution in [3.63, 3.8) is 0 Å². The summed E-state index contributed by atoms with van der Waals surface area (Å²) in [6, 6.07) is 19.0. The Morgan fingerprint density at radius 2 is 1.08 bits per heavy atom. The Kier molecular flexibility index (Phi) is 20.8. The van der Waals surface area contributed by atoms with Gasteiger partial charge in [0.25, 0.3) is 11.8 Å². The molecular weight excluding hydrogens is 977 g/mol. The lowest BCUT2D eigenvalue weighted by atomic mass is 9.86. The Balaban J connectivity index is 0.852. The summed E-state index contributed by atoms with van der Waals surface area (Å²) in [5, 5.41) is 24.0. The monoisotopic (exact) mass is 1060 g/mol. The van der Waals surface area contributed by atoms with Crippen LogP contribution in [-0.2, 0) is 41.6 Å². The highest BCUT2D eigenvalue weighted by molar-refractivity contribution is 5.98. The highest BCUT2D eigenvalue weighted by Crippen LogP contribution is 2.35. The number of nitrogens with one attached hydrogen (secondary N) is 8. The van der Waals surface area contributed by atoms with Gasteiger partial charge in [0.05, 0.1) is 24.2 Å². The Morgan fingerprint density at radius 1 is 0.584 bits per heavy atom. The minimum absolute atomic E-state index is 0.110.